The molecule has 0 saturated carbocycles. The second kappa shape index (κ2) is 21.8. The van der Waals surface area contributed by atoms with Crippen LogP contribution in [-0.2, 0) is 4.79 Å². The summed E-state index contributed by atoms with van der Waals surface area (Å²) in [6, 6.07) is 0. The van der Waals surface area contributed by atoms with Crippen LogP contribution in [0.4, 0.5) is 0 Å². The number of aliphatic imine (C=N–C) groups is 1. The van der Waals surface area contributed by atoms with Gasteiger partial charge in [0.05, 0.1) is 13.2 Å². The fourth-order valence-electron chi connectivity index (χ4n) is 3.47. The molecule has 0 spiro atoms. The molecule has 0 fully saturated rings. The second-order valence-corrected chi connectivity index (χ2v) is 8.40. The number of allylic oxidation sites excluding steroid dienone is 1. The van der Waals surface area contributed by atoms with Gasteiger partial charge in [-0.2, -0.15) is 0 Å². The summed E-state index contributed by atoms with van der Waals surface area (Å²) in [4.78, 5) is 16.1. The van der Waals surface area contributed by atoms with E-state index < -0.39 is 12.1 Å². The quantitative estimate of drug-likeness (QED) is 0.255. The Kier molecular flexibility index (Phi) is 20.8. The molecule has 3 N–H and O–H groups in total. The van der Waals surface area contributed by atoms with E-state index in [9.17, 15) is 4.79 Å². The summed E-state index contributed by atoms with van der Waals surface area (Å²) in [5.74, 6) is -0.126. The monoisotopic (exact) mass is 440 g/mol. The highest BCUT2D eigenvalue weighted by atomic mass is 16.4. The van der Waals surface area contributed by atoms with Gasteiger partial charge in [0, 0.05) is 13.1 Å². The molecule has 0 amide bonds. The predicted octanol–water partition coefficient (Wildman–Crippen LogP) is 5.18. The summed E-state index contributed by atoms with van der Waals surface area (Å²) in [5.41, 5.74) is 0. The van der Waals surface area contributed by atoms with Gasteiger partial charge in [0.2, 0.25) is 0 Å². The summed E-state index contributed by atoms with van der Waals surface area (Å²) in [7, 11) is 0. The van der Waals surface area contributed by atoms with Gasteiger partial charge < -0.3 is 20.2 Å². The van der Waals surface area contributed by atoms with E-state index in [2.05, 4.69) is 29.0 Å². The normalized spacial score (nSPS) is 14.5. The molecule has 1 aliphatic heterocycles. The molecule has 1 rings (SSSR count). The Morgan fingerprint density at radius 3 is 1.94 bits per heavy atom. The maximum Gasteiger partial charge on any atom is 0.332 e. The minimum absolute atomic E-state index is 0.214. The number of amidine groups is 1. The Balaban J connectivity index is 0.00000131. The van der Waals surface area contributed by atoms with Crippen molar-refractivity contribution in [3.63, 3.8) is 0 Å². The van der Waals surface area contributed by atoms with E-state index in [1.807, 2.05) is 0 Å². The highest BCUT2D eigenvalue weighted by molar-refractivity contribution is 5.94. The zero-order valence-corrected chi connectivity index (χ0v) is 20.1. The minimum atomic E-state index is -1.23. The maximum absolute atomic E-state index is 9.45. The van der Waals surface area contributed by atoms with Gasteiger partial charge in [-0.05, 0) is 25.8 Å². The van der Waals surface area contributed by atoms with Crippen LogP contribution >= 0.6 is 0 Å². The van der Waals surface area contributed by atoms with Crippen LogP contribution in [0, 0.1) is 0 Å². The Bertz CT molecular complexity index is 478. The van der Waals surface area contributed by atoms with E-state index in [0.717, 1.165) is 25.3 Å². The van der Waals surface area contributed by atoms with Gasteiger partial charge >= 0.3 is 5.97 Å². The van der Waals surface area contributed by atoms with Crippen molar-refractivity contribution in [2.24, 2.45) is 4.99 Å². The minimum Gasteiger partial charge on any atom is -0.479 e. The van der Waals surface area contributed by atoms with E-state index >= 15 is 0 Å². The zero-order chi connectivity index (χ0) is 23.2. The highest BCUT2D eigenvalue weighted by Crippen LogP contribution is 2.13. The number of hydrogen-bond donors (Lipinski definition) is 3. The molecular weight excluding hydrogens is 392 g/mol. The molecule has 0 aliphatic carbocycles. The van der Waals surface area contributed by atoms with E-state index in [0.29, 0.717) is 6.54 Å². The molecule has 1 unspecified atom stereocenters. The van der Waals surface area contributed by atoms with Crippen LogP contribution in [0.3, 0.4) is 0 Å². The molecule has 0 radical (unpaired) electrons. The number of unbranched alkanes of at least 4 members (excludes halogenated alkanes) is 13. The molecule has 6 nitrogen and oxygen atoms in total. The average Bonchev–Trinajstić information content (AvgIpc) is 3.18. The van der Waals surface area contributed by atoms with E-state index in [4.69, 9.17) is 15.3 Å². The molecule has 182 valence electrons. The van der Waals surface area contributed by atoms with Gasteiger partial charge in [-0.1, -0.05) is 90.0 Å². The van der Waals surface area contributed by atoms with Gasteiger partial charge in [0.15, 0.2) is 0 Å². The summed E-state index contributed by atoms with van der Waals surface area (Å²) >= 11 is 0. The SMILES string of the molecule is CC(O)C(=O)O.CCCCCCCCCCCCCCCC=CC1=NCCN1CCO. The van der Waals surface area contributed by atoms with Crippen molar-refractivity contribution >= 4 is 11.8 Å². The van der Waals surface area contributed by atoms with Crippen molar-refractivity contribution in [3.8, 4) is 0 Å². The van der Waals surface area contributed by atoms with Crippen molar-refractivity contribution in [3.05, 3.63) is 12.2 Å². The smallest absolute Gasteiger partial charge is 0.332 e. The number of aliphatic carboxylic acids is 1. The first-order chi connectivity index (χ1) is 15.0. The Labute approximate surface area is 190 Å². The van der Waals surface area contributed by atoms with Gasteiger partial charge in [-0.3, -0.25) is 4.99 Å². The lowest BCUT2D eigenvalue weighted by atomic mass is 10.0. The van der Waals surface area contributed by atoms with Crippen molar-refractivity contribution in [1.82, 2.24) is 4.90 Å². The summed E-state index contributed by atoms with van der Waals surface area (Å²) in [5, 5.41) is 24.8. The van der Waals surface area contributed by atoms with Gasteiger partial charge in [0.1, 0.15) is 11.9 Å². The molecule has 0 aromatic carbocycles. The molecular formula is C25H48N2O4. The standard InChI is InChI=1S/C22H42N2O.C3H6O3/c1-2-3-4-5-6-7-8-9-10-11-12-13-14-15-16-17-22-23-18-19-24(22)20-21-25;1-2(4)3(5)6/h16-17,25H,2-15,18-21H2,1H3;2,4H,1H3,(H,5,6). The molecule has 31 heavy (non-hydrogen) atoms. The molecule has 6 heteroatoms. The first-order valence-electron chi connectivity index (χ1n) is 12.5. The number of carboxylic acid groups (broad SMARTS) is 1. The molecule has 1 atom stereocenters. The Morgan fingerprint density at radius 2 is 1.48 bits per heavy atom. The molecule has 1 heterocycles. The number of rotatable bonds is 18. The van der Waals surface area contributed by atoms with Crippen LogP contribution in [0.5, 0.6) is 0 Å². The lowest BCUT2D eigenvalue weighted by Gasteiger charge is -2.16. The van der Waals surface area contributed by atoms with Gasteiger partial charge in [0.25, 0.3) is 0 Å². The molecule has 0 aromatic rings. The topological polar surface area (TPSA) is 93.4 Å². The van der Waals surface area contributed by atoms with Crippen LogP contribution in [-0.4, -0.2) is 64.4 Å². The number of carboxylic acids is 1. The first-order valence-corrected chi connectivity index (χ1v) is 12.5. The van der Waals surface area contributed by atoms with Crippen LogP contribution in [0.15, 0.2) is 17.1 Å². The van der Waals surface area contributed by atoms with Gasteiger partial charge in [-0.15, -0.1) is 0 Å². The van der Waals surface area contributed by atoms with E-state index in [1.54, 1.807) is 0 Å². The third-order valence-corrected chi connectivity index (χ3v) is 5.44. The second-order valence-electron chi connectivity index (χ2n) is 8.40. The number of aliphatic hydroxyl groups is 2. The molecule has 0 bridgehead atoms. The number of aliphatic hydroxyl groups excluding tert-OH is 2. The number of β-amino-alcohol motifs (C(OH)–C–C–N with tert-alkyl or cyclic N) is 1. The summed E-state index contributed by atoms with van der Waals surface area (Å²) in [6.07, 6.45) is 22.7. The fraction of sp³-hybridized carbons (Fsp3) is 0.840. The Hall–Kier alpha value is -1.40. The number of hydrogen-bond acceptors (Lipinski definition) is 5. The van der Waals surface area contributed by atoms with Gasteiger partial charge in [-0.25, -0.2) is 4.79 Å². The van der Waals surface area contributed by atoms with Crippen LogP contribution in [0.25, 0.3) is 0 Å². The van der Waals surface area contributed by atoms with Crippen molar-refractivity contribution in [1.29, 1.82) is 0 Å². The van der Waals surface area contributed by atoms with Crippen LogP contribution in [0.1, 0.15) is 104 Å². The zero-order valence-electron chi connectivity index (χ0n) is 20.1. The maximum atomic E-state index is 9.45. The Morgan fingerprint density at radius 1 is 1.00 bits per heavy atom. The predicted molar refractivity (Wildman–Crippen MR) is 130 cm³/mol. The van der Waals surface area contributed by atoms with Crippen LogP contribution in [0.2, 0.25) is 0 Å². The largest absolute Gasteiger partial charge is 0.479 e. The third-order valence-electron chi connectivity index (χ3n) is 5.44. The first kappa shape index (κ1) is 29.6. The van der Waals surface area contributed by atoms with Crippen LogP contribution < -0.4 is 0 Å². The highest BCUT2D eigenvalue weighted by Gasteiger charge is 2.12. The number of nitrogens with zero attached hydrogens (tertiary/aromatic N) is 2. The van der Waals surface area contributed by atoms with Crippen molar-refractivity contribution in [2.75, 3.05) is 26.2 Å². The summed E-state index contributed by atoms with van der Waals surface area (Å²) < 4.78 is 0. The lowest BCUT2D eigenvalue weighted by molar-refractivity contribution is -0.145. The van der Waals surface area contributed by atoms with E-state index in [1.165, 1.54) is 90.4 Å². The average molecular weight is 441 g/mol. The summed E-state index contributed by atoms with van der Waals surface area (Å²) in [6.45, 7) is 6.24. The third kappa shape index (κ3) is 19.0. The lowest BCUT2D eigenvalue weighted by Crippen LogP contribution is -2.29. The van der Waals surface area contributed by atoms with Crippen molar-refractivity contribution in [2.45, 2.75) is 110 Å². The number of carbonyl (C=O) groups is 1. The molecule has 0 saturated heterocycles. The molecule has 1 aliphatic rings. The molecule has 0 aromatic heterocycles. The fourth-order valence-corrected chi connectivity index (χ4v) is 3.47. The van der Waals surface area contributed by atoms with E-state index in [-0.39, 0.29) is 6.61 Å². The van der Waals surface area contributed by atoms with Crippen molar-refractivity contribution < 1.29 is 20.1 Å².